The maximum Gasteiger partial charge on any atom is 0.184 e. The molecule has 1 aliphatic rings. The van der Waals surface area contributed by atoms with Crippen molar-refractivity contribution >= 4 is 17.9 Å². The molecule has 0 saturated heterocycles. The highest BCUT2D eigenvalue weighted by molar-refractivity contribution is 6.08. The maximum absolute atomic E-state index is 12.8. The molecule has 0 aliphatic heterocycles. The maximum atomic E-state index is 12.8. The number of hydrogen-bond donors (Lipinski definition) is 0. The van der Waals surface area contributed by atoms with Crippen LogP contribution < -0.4 is 0 Å². The van der Waals surface area contributed by atoms with Crippen LogP contribution in [0.15, 0.2) is 96.1 Å². The van der Waals surface area contributed by atoms with E-state index in [-0.39, 0.29) is 5.78 Å². The predicted molar refractivity (Wildman–Crippen MR) is 111 cm³/mol. The minimum atomic E-state index is 0.193. The number of carbonyl (C=O) groups excluding carboxylic acids is 1. The summed E-state index contributed by atoms with van der Waals surface area (Å²) in [4.78, 5) is 12.8. The lowest BCUT2D eigenvalue weighted by molar-refractivity contribution is -0.112. The van der Waals surface area contributed by atoms with Gasteiger partial charge in [-0.25, -0.2) is 0 Å². The number of carbonyl (C=O) groups is 1. The van der Waals surface area contributed by atoms with Crippen molar-refractivity contribution in [2.75, 3.05) is 0 Å². The summed E-state index contributed by atoms with van der Waals surface area (Å²) >= 11 is 0. The monoisotopic (exact) mass is 340 g/mol. The van der Waals surface area contributed by atoms with E-state index in [1.54, 1.807) is 0 Å². The van der Waals surface area contributed by atoms with Crippen molar-refractivity contribution in [1.29, 1.82) is 0 Å². The first-order valence-corrected chi connectivity index (χ1v) is 9.22. The summed E-state index contributed by atoms with van der Waals surface area (Å²) in [5.41, 5.74) is 4.11. The number of allylic oxidation sites excluding steroid dienone is 6. The van der Waals surface area contributed by atoms with Gasteiger partial charge in [-0.3, -0.25) is 4.79 Å². The molecule has 26 heavy (non-hydrogen) atoms. The van der Waals surface area contributed by atoms with Crippen LogP contribution in [-0.2, 0) is 4.79 Å². The SMILES string of the molecule is O=C1/C(=C/C=C/c2ccccc2)CCCC/C1=C\C=C\c1ccccc1. The molecule has 2 aromatic rings. The highest BCUT2D eigenvalue weighted by Crippen LogP contribution is 2.24. The fourth-order valence-corrected chi connectivity index (χ4v) is 3.06. The summed E-state index contributed by atoms with van der Waals surface area (Å²) in [6.45, 7) is 0. The van der Waals surface area contributed by atoms with Gasteiger partial charge in [0.15, 0.2) is 5.78 Å². The van der Waals surface area contributed by atoms with Crippen LogP contribution >= 0.6 is 0 Å². The smallest absolute Gasteiger partial charge is 0.184 e. The van der Waals surface area contributed by atoms with Crippen molar-refractivity contribution in [1.82, 2.24) is 0 Å². The Morgan fingerprint density at radius 1 is 0.615 bits per heavy atom. The van der Waals surface area contributed by atoms with Gasteiger partial charge in [-0.2, -0.15) is 0 Å². The summed E-state index contributed by atoms with van der Waals surface area (Å²) in [7, 11) is 0. The zero-order valence-corrected chi connectivity index (χ0v) is 15.0. The summed E-state index contributed by atoms with van der Waals surface area (Å²) in [5.74, 6) is 0.193. The molecular weight excluding hydrogens is 316 g/mol. The highest BCUT2D eigenvalue weighted by Gasteiger charge is 2.17. The van der Waals surface area contributed by atoms with E-state index >= 15 is 0 Å². The lowest BCUT2D eigenvalue weighted by atomic mass is 10.0. The van der Waals surface area contributed by atoms with E-state index < -0.39 is 0 Å². The Morgan fingerprint density at radius 3 is 1.46 bits per heavy atom. The molecule has 3 rings (SSSR count). The first-order chi connectivity index (χ1) is 12.8. The molecule has 1 fully saturated rings. The van der Waals surface area contributed by atoms with Crippen molar-refractivity contribution < 1.29 is 4.79 Å². The fourth-order valence-electron chi connectivity index (χ4n) is 3.06. The number of ketones is 1. The minimum absolute atomic E-state index is 0.193. The van der Waals surface area contributed by atoms with Crippen LogP contribution in [0, 0.1) is 0 Å². The molecule has 130 valence electrons. The van der Waals surface area contributed by atoms with Gasteiger partial charge in [0.05, 0.1) is 0 Å². The van der Waals surface area contributed by atoms with Crippen LogP contribution in [0.5, 0.6) is 0 Å². The molecule has 0 atom stereocenters. The standard InChI is InChI=1S/C25H24O/c26-25-23(19-9-15-21-11-3-1-4-12-21)17-7-8-18-24(25)20-10-16-22-13-5-2-6-14-22/h1-6,9-16,19-20H,7-8,17-18H2/b15-9+,16-10+,23-19+,24-20+. The van der Waals surface area contributed by atoms with Crippen molar-refractivity contribution in [2.24, 2.45) is 0 Å². The molecule has 0 heterocycles. The first kappa shape index (κ1) is 17.9. The lowest BCUT2D eigenvalue weighted by Crippen LogP contribution is -2.03. The van der Waals surface area contributed by atoms with Crippen molar-refractivity contribution in [3.63, 3.8) is 0 Å². The Labute approximate surface area is 156 Å². The number of rotatable bonds is 4. The molecule has 0 amide bonds. The van der Waals surface area contributed by atoms with Crippen LogP contribution in [-0.4, -0.2) is 5.78 Å². The minimum Gasteiger partial charge on any atom is -0.289 e. The highest BCUT2D eigenvalue weighted by atomic mass is 16.1. The normalized spacial score (nSPS) is 18.8. The van der Waals surface area contributed by atoms with Gasteiger partial charge < -0.3 is 0 Å². The number of benzene rings is 2. The summed E-state index contributed by atoms with van der Waals surface area (Å²) < 4.78 is 0. The molecule has 1 aliphatic carbocycles. The van der Waals surface area contributed by atoms with Crippen LogP contribution in [0.2, 0.25) is 0 Å². The average Bonchev–Trinajstić information content (AvgIpc) is 2.86. The molecule has 1 heteroatoms. The Kier molecular flexibility index (Phi) is 6.55. The zero-order valence-electron chi connectivity index (χ0n) is 15.0. The Bertz CT molecular complexity index is 765. The molecule has 2 aromatic carbocycles. The van der Waals surface area contributed by atoms with E-state index in [2.05, 4.69) is 24.3 Å². The third kappa shape index (κ3) is 5.29. The van der Waals surface area contributed by atoms with Crippen molar-refractivity contribution in [3.8, 4) is 0 Å². The van der Waals surface area contributed by atoms with E-state index in [0.29, 0.717) is 0 Å². The Hall–Kier alpha value is -2.93. The second-order valence-corrected chi connectivity index (χ2v) is 6.46. The second kappa shape index (κ2) is 9.53. The topological polar surface area (TPSA) is 17.1 Å². The zero-order chi connectivity index (χ0) is 18.0. The Morgan fingerprint density at radius 2 is 1.04 bits per heavy atom. The molecule has 0 bridgehead atoms. The molecule has 0 aromatic heterocycles. The lowest BCUT2D eigenvalue weighted by Gasteiger charge is -2.02. The quantitative estimate of drug-likeness (QED) is 0.464. The van der Waals surface area contributed by atoms with Gasteiger partial charge in [-0.15, -0.1) is 0 Å². The largest absolute Gasteiger partial charge is 0.289 e. The van der Waals surface area contributed by atoms with Gasteiger partial charge in [-0.1, -0.05) is 97.1 Å². The van der Waals surface area contributed by atoms with E-state index in [9.17, 15) is 4.79 Å². The van der Waals surface area contributed by atoms with Crippen LogP contribution in [0.1, 0.15) is 36.8 Å². The average molecular weight is 340 g/mol. The molecule has 0 N–H and O–H groups in total. The van der Waals surface area contributed by atoms with Gasteiger partial charge in [0.2, 0.25) is 0 Å². The molecule has 1 saturated carbocycles. The molecular formula is C25H24O. The Balaban J connectivity index is 1.72. The third-order valence-corrected chi connectivity index (χ3v) is 4.50. The molecule has 0 radical (unpaired) electrons. The van der Waals surface area contributed by atoms with Crippen molar-refractivity contribution in [3.05, 3.63) is 107 Å². The van der Waals surface area contributed by atoms with Gasteiger partial charge in [-0.05, 0) is 48.0 Å². The number of hydrogen-bond acceptors (Lipinski definition) is 1. The first-order valence-electron chi connectivity index (χ1n) is 9.22. The summed E-state index contributed by atoms with van der Waals surface area (Å²) in [6, 6.07) is 20.3. The molecule has 1 nitrogen and oxygen atoms in total. The van der Waals surface area contributed by atoms with E-state index in [0.717, 1.165) is 48.0 Å². The van der Waals surface area contributed by atoms with Crippen molar-refractivity contribution in [2.45, 2.75) is 25.7 Å². The van der Waals surface area contributed by atoms with E-state index in [4.69, 9.17) is 0 Å². The fraction of sp³-hybridized carbons (Fsp3) is 0.160. The van der Waals surface area contributed by atoms with Gasteiger partial charge in [0, 0.05) is 0 Å². The van der Waals surface area contributed by atoms with Crippen LogP contribution in [0.25, 0.3) is 12.2 Å². The van der Waals surface area contributed by atoms with E-state index in [1.807, 2.05) is 72.9 Å². The third-order valence-electron chi connectivity index (χ3n) is 4.50. The summed E-state index contributed by atoms with van der Waals surface area (Å²) in [6.07, 6.45) is 15.9. The summed E-state index contributed by atoms with van der Waals surface area (Å²) in [5, 5.41) is 0. The van der Waals surface area contributed by atoms with E-state index in [1.165, 1.54) is 0 Å². The van der Waals surface area contributed by atoms with Gasteiger partial charge in [0.1, 0.15) is 0 Å². The molecule has 0 spiro atoms. The second-order valence-electron chi connectivity index (χ2n) is 6.46. The molecule has 0 unspecified atom stereocenters. The van der Waals surface area contributed by atoms with Gasteiger partial charge in [0.25, 0.3) is 0 Å². The van der Waals surface area contributed by atoms with Gasteiger partial charge >= 0.3 is 0 Å². The number of Topliss-reactive ketones (excluding diaryl/α,β-unsaturated/α-hetero) is 1. The van der Waals surface area contributed by atoms with Crippen LogP contribution in [0.3, 0.4) is 0 Å². The predicted octanol–water partition coefficient (Wildman–Crippen LogP) is 6.41. The van der Waals surface area contributed by atoms with Crippen LogP contribution in [0.4, 0.5) is 0 Å².